The van der Waals surface area contributed by atoms with E-state index in [-0.39, 0.29) is 0 Å². The summed E-state index contributed by atoms with van der Waals surface area (Å²) in [6.07, 6.45) is 0. The van der Waals surface area contributed by atoms with Crippen molar-refractivity contribution >= 4 is 23.2 Å². The maximum absolute atomic E-state index is 5.67. The lowest BCUT2D eigenvalue weighted by Crippen LogP contribution is -2.02. The normalized spacial score (nSPS) is 10.3. The molecule has 0 saturated carbocycles. The number of nitrogens with zero attached hydrogens (tertiary/aromatic N) is 2. The van der Waals surface area contributed by atoms with Crippen molar-refractivity contribution in [3.8, 4) is 0 Å². The van der Waals surface area contributed by atoms with Gasteiger partial charge in [0.15, 0.2) is 0 Å². The van der Waals surface area contributed by atoms with Crippen LogP contribution in [0.2, 0.25) is 0 Å². The Bertz CT molecular complexity index is 261. The number of hydrogen-bond acceptors (Lipinski definition) is 2. The van der Waals surface area contributed by atoms with E-state index in [1.807, 2.05) is 13.8 Å². The zero-order valence-corrected chi connectivity index (χ0v) is 8.58. The Morgan fingerprint density at radius 1 is 0.917 bits per heavy atom. The number of rotatable bonds is 2. The van der Waals surface area contributed by atoms with Crippen LogP contribution in [0.25, 0.3) is 0 Å². The molecule has 0 aromatic carbocycles. The van der Waals surface area contributed by atoms with Crippen molar-refractivity contribution < 1.29 is 0 Å². The van der Waals surface area contributed by atoms with E-state index in [9.17, 15) is 0 Å². The van der Waals surface area contributed by atoms with Crippen molar-refractivity contribution in [1.29, 1.82) is 0 Å². The third kappa shape index (κ3) is 1.87. The van der Waals surface area contributed by atoms with Crippen LogP contribution in [-0.4, -0.2) is 9.97 Å². The molecule has 0 spiro atoms. The molecule has 0 saturated heterocycles. The highest BCUT2D eigenvalue weighted by molar-refractivity contribution is 6.17. The Morgan fingerprint density at radius 2 is 1.33 bits per heavy atom. The zero-order valence-electron chi connectivity index (χ0n) is 7.06. The van der Waals surface area contributed by atoms with Crippen LogP contribution in [-0.2, 0) is 11.8 Å². The molecule has 0 aliphatic carbocycles. The Balaban J connectivity index is 3.18. The number of aromatic nitrogens is 2. The van der Waals surface area contributed by atoms with Crippen LogP contribution in [0.15, 0.2) is 0 Å². The van der Waals surface area contributed by atoms with Crippen molar-refractivity contribution in [2.45, 2.75) is 25.6 Å². The average Bonchev–Trinajstić information content (AvgIpc) is 2.05. The maximum atomic E-state index is 5.67. The molecule has 66 valence electrons. The highest BCUT2D eigenvalue weighted by atomic mass is 35.5. The molecule has 0 radical (unpaired) electrons. The first kappa shape index (κ1) is 9.75. The van der Waals surface area contributed by atoms with Crippen LogP contribution in [0.5, 0.6) is 0 Å². The van der Waals surface area contributed by atoms with Gasteiger partial charge in [-0.15, -0.1) is 23.2 Å². The average molecular weight is 205 g/mol. The molecule has 4 heteroatoms. The van der Waals surface area contributed by atoms with Crippen LogP contribution < -0.4 is 0 Å². The lowest BCUT2D eigenvalue weighted by Gasteiger charge is -2.05. The Kier molecular flexibility index (Phi) is 3.29. The molecule has 0 bridgehead atoms. The van der Waals surface area contributed by atoms with E-state index in [0.717, 1.165) is 22.8 Å². The monoisotopic (exact) mass is 204 g/mol. The van der Waals surface area contributed by atoms with Crippen LogP contribution in [0, 0.1) is 13.8 Å². The number of alkyl halides is 2. The number of hydrogen-bond donors (Lipinski definition) is 0. The lowest BCUT2D eigenvalue weighted by atomic mass is 10.3. The molecule has 0 aliphatic heterocycles. The molecule has 1 aromatic rings. The van der Waals surface area contributed by atoms with Gasteiger partial charge in [0.1, 0.15) is 0 Å². The van der Waals surface area contributed by atoms with E-state index in [1.54, 1.807) is 0 Å². The summed E-state index contributed by atoms with van der Waals surface area (Å²) in [7, 11) is 0. The predicted octanol–water partition coefficient (Wildman–Crippen LogP) is 2.57. The van der Waals surface area contributed by atoms with Crippen LogP contribution >= 0.6 is 23.2 Å². The fourth-order valence-corrected chi connectivity index (χ4v) is 1.46. The third-order valence-corrected chi connectivity index (χ3v) is 2.20. The highest BCUT2D eigenvalue weighted by Crippen LogP contribution is 2.11. The van der Waals surface area contributed by atoms with Gasteiger partial charge in [0, 0.05) is 0 Å². The summed E-state index contributed by atoms with van der Waals surface area (Å²) in [6, 6.07) is 0. The van der Waals surface area contributed by atoms with Gasteiger partial charge in [-0.25, -0.2) is 0 Å². The van der Waals surface area contributed by atoms with E-state index in [4.69, 9.17) is 23.2 Å². The molecule has 0 aliphatic rings. The molecule has 0 fully saturated rings. The van der Waals surface area contributed by atoms with E-state index >= 15 is 0 Å². The summed E-state index contributed by atoms with van der Waals surface area (Å²) in [5.41, 5.74) is 3.41. The minimum atomic E-state index is 0.392. The first-order valence-electron chi connectivity index (χ1n) is 3.64. The van der Waals surface area contributed by atoms with E-state index in [0.29, 0.717) is 11.8 Å². The topological polar surface area (TPSA) is 25.8 Å². The fourth-order valence-electron chi connectivity index (χ4n) is 0.958. The molecule has 0 atom stereocenters. The first-order chi connectivity index (χ1) is 5.69. The van der Waals surface area contributed by atoms with Crippen molar-refractivity contribution in [2.75, 3.05) is 0 Å². The van der Waals surface area contributed by atoms with Crippen LogP contribution in [0.3, 0.4) is 0 Å². The van der Waals surface area contributed by atoms with Gasteiger partial charge < -0.3 is 0 Å². The highest BCUT2D eigenvalue weighted by Gasteiger charge is 2.05. The second-order valence-electron chi connectivity index (χ2n) is 2.56. The SMILES string of the molecule is Cc1nc(C)c(CCl)nc1CCl. The van der Waals surface area contributed by atoms with Gasteiger partial charge in [-0.2, -0.15) is 0 Å². The van der Waals surface area contributed by atoms with Crippen molar-refractivity contribution in [1.82, 2.24) is 9.97 Å². The smallest absolute Gasteiger partial charge is 0.0767 e. The minimum absolute atomic E-state index is 0.392. The van der Waals surface area contributed by atoms with Crippen LogP contribution in [0.4, 0.5) is 0 Å². The molecule has 0 unspecified atom stereocenters. The number of halogens is 2. The molecule has 12 heavy (non-hydrogen) atoms. The van der Waals surface area contributed by atoms with Gasteiger partial charge in [-0.1, -0.05) is 0 Å². The van der Waals surface area contributed by atoms with Gasteiger partial charge in [0.05, 0.1) is 34.5 Å². The van der Waals surface area contributed by atoms with E-state index in [1.165, 1.54) is 0 Å². The molecule has 0 N–H and O–H groups in total. The Labute approximate surface area is 81.9 Å². The summed E-state index contributed by atoms with van der Waals surface area (Å²) < 4.78 is 0. The molecular formula is C8H10Cl2N2. The standard InChI is InChI=1S/C8H10Cl2N2/c1-5-7(3-9)12-8(4-10)6(2)11-5/h3-4H2,1-2H3. The van der Waals surface area contributed by atoms with Gasteiger partial charge in [-0.05, 0) is 13.8 Å². The molecule has 2 nitrogen and oxygen atoms in total. The van der Waals surface area contributed by atoms with Crippen molar-refractivity contribution in [3.63, 3.8) is 0 Å². The molecular weight excluding hydrogens is 195 g/mol. The molecule has 1 aromatic heterocycles. The van der Waals surface area contributed by atoms with E-state index < -0.39 is 0 Å². The fraction of sp³-hybridized carbons (Fsp3) is 0.500. The quantitative estimate of drug-likeness (QED) is 0.693. The maximum Gasteiger partial charge on any atom is 0.0767 e. The van der Waals surface area contributed by atoms with Gasteiger partial charge in [0.2, 0.25) is 0 Å². The Morgan fingerprint density at radius 3 is 1.67 bits per heavy atom. The molecule has 1 rings (SSSR count). The second-order valence-corrected chi connectivity index (χ2v) is 3.09. The molecule has 1 heterocycles. The summed E-state index contributed by atoms with van der Waals surface area (Å²) in [5, 5.41) is 0. The summed E-state index contributed by atoms with van der Waals surface area (Å²) in [6.45, 7) is 3.80. The summed E-state index contributed by atoms with van der Waals surface area (Å²) >= 11 is 11.3. The Hall–Kier alpha value is -0.340. The third-order valence-electron chi connectivity index (χ3n) is 1.69. The second kappa shape index (κ2) is 4.06. The number of aryl methyl sites for hydroxylation is 2. The van der Waals surface area contributed by atoms with Crippen molar-refractivity contribution in [2.24, 2.45) is 0 Å². The van der Waals surface area contributed by atoms with E-state index in [2.05, 4.69) is 9.97 Å². The lowest BCUT2D eigenvalue weighted by molar-refractivity contribution is 0.939. The van der Waals surface area contributed by atoms with Gasteiger partial charge >= 0.3 is 0 Å². The van der Waals surface area contributed by atoms with Crippen molar-refractivity contribution in [3.05, 3.63) is 22.8 Å². The van der Waals surface area contributed by atoms with Gasteiger partial charge in [-0.3, -0.25) is 9.97 Å². The molecule has 0 amide bonds. The largest absolute Gasteiger partial charge is 0.255 e. The zero-order chi connectivity index (χ0) is 9.14. The minimum Gasteiger partial charge on any atom is -0.255 e. The summed E-state index contributed by atoms with van der Waals surface area (Å²) in [4.78, 5) is 8.57. The first-order valence-corrected chi connectivity index (χ1v) is 4.71. The summed E-state index contributed by atoms with van der Waals surface area (Å²) in [5.74, 6) is 0.784. The van der Waals surface area contributed by atoms with Crippen LogP contribution in [0.1, 0.15) is 22.8 Å². The van der Waals surface area contributed by atoms with Gasteiger partial charge in [0.25, 0.3) is 0 Å². The predicted molar refractivity (Wildman–Crippen MR) is 50.6 cm³/mol.